The molecule has 1 N–H and O–H groups in total. The molecule has 1 fully saturated rings. The molecule has 1 aromatic heterocycles. The first-order chi connectivity index (χ1) is 16.4. The average molecular weight is 484 g/mol. The van der Waals surface area contributed by atoms with Gasteiger partial charge in [0.25, 0.3) is 5.56 Å². The first-order valence-electron chi connectivity index (χ1n) is 11.1. The number of benzene rings is 2. The van der Waals surface area contributed by atoms with Gasteiger partial charge in [0.2, 0.25) is 11.8 Å². The quantitative estimate of drug-likeness (QED) is 0.410. The number of carbonyl (C=O) groups is 2. The molecule has 2 heterocycles. The van der Waals surface area contributed by atoms with Crippen molar-refractivity contribution in [1.29, 1.82) is 0 Å². The molecule has 8 nitrogen and oxygen atoms in total. The number of halogens is 1. The van der Waals surface area contributed by atoms with Gasteiger partial charge in [-0.2, -0.15) is 0 Å². The predicted octanol–water partition coefficient (Wildman–Crippen LogP) is 2.43. The fourth-order valence-electron chi connectivity index (χ4n) is 3.85. The maximum atomic E-state index is 13.0. The van der Waals surface area contributed by atoms with Crippen LogP contribution in [0.1, 0.15) is 6.92 Å². The Morgan fingerprint density at radius 2 is 1.76 bits per heavy atom. The van der Waals surface area contributed by atoms with Gasteiger partial charge in [-0.25, -0.2) is 9.37 Å². The zero-order chi connectivity index (χ0) is 24.1. The van der Waals surface area contributed by atoms with Crippen molar-refractivity contribution in [3.63, 3.8) is 0 Å². The fourth-order valence-corrected chi connectivity index (χ4v) is 4.81. The van der Waals surface area contributed by atoms with Crippen molar-refractivity contribution in [2.75, 3.05) is 43.8 Å². The van der Waals surface area contributed by atoms with Crippen molar-refractivity contribution >= 4 is 40.2 Å². The van der Waals surface area contributed by atoms with E-state index >= 15 is 0 Å². The van der Waals surface area contributed by atoms with Crippen molar-refractivity contribution in [3.8, 4) is 0 Å². The van der Waals surface area contributed by atoms with E-state index in [2.05, 4.69) is 10.3 Å². The van der Waals surface area contributed by atoms with E-state index in [1.54, 1.807) is 21.6 Å². The van der Waals surface area contributed by atoms with Gasteiger partial charge < -0.3 is 10.2 Å². The minimum absolute atomic E-state index is 0.0227. The van der Waals surface area contributed by atoms with Gasteiger partial charge in [-0.1, -0.05) is 23.9 Å². The van der Waals surface area contributed by atoms with Crippen molar-refractivity contribution in [2.24, 2.45) is 0 Å². The van der Waals surface area contributed by atoms with Gasteiger partial charge in [-0.3, -0.25) is 23.9 Å². The molecule has 0 unspecified atom stereocenters. The monoisotopic (exact) mass is 483 g/mol. The Kier molecular flexibility index (Phi) is 7.59. The Balaban J connectivity index is 1.28. The van der Waals surface area contributed by atoms with Crippen LogP contribution in [-0.4, -0.2) is 69.6 Å². The molecule has 0 aliphatic carbocycles. The van der Waals surface area contributed by atoms with Gasteiger partial charge in [0.05, 0.1) is 23.2 Å². The molecule has 0 spiro atoms. The molecule has 3 aromatic rings. The minimum atomic E-state index is -0.355. The number of hydrogen-bond donors (Lipinski definition) is 1. The van der Waals surface area contributed by atoms with Crippen molar-refractivity contribution in [2.45, 2.75) is 18.6 Å². The van der Waals surface area contributed by atoms with Crippen LogP contribution in [-0.2, 0) is 16.1 Å². The number of carbonyl (C=O) groups excluding carboxylic acids is 2. The topological polar surface area (TPSA) is 87.5 Å². The summed E-state index contributed by atoms with van der Waals surface area (Å²) in [5.41, 5.74) is 1.07. The van der Waals surface area contributed by atoms with Crippen LogP contribution in [0.15, 0.2) is 58.5 Å². The number of piperazine rings is 1. The number of amides is 2. The first kappa shape index (κ1) is 23.9. The van der Waals surface area contributed by atoms with E-state index in [-0.39, 0.29) is 35.5 Å². The van der Waals surface area contributed by atoms with Gasteiger partial charge >= 0.3 is 0 Å². The van der Waals surface area contributed by atoms with Crippen molar-refractivity contribution in [1.82, 2.24) is 19.4 Å². The zero-order valence-corrected chi connectivity index (χ0v) is 19.7. The predicted molar refractivity (Wildman–Crippen MR) is 130 cm³/mol. The van der Waals surface area contributed by atoms with E-state index in [1.807, 2.05) is 24.0 Å². The van der Waals surface area contributed by atoms with Crippen LogP contribution in [0.5, 0.6) is 0 Å². The Bertz CT molecular complexity index is 1240. The number of thioether (sulfide) groups is 1. The maximum absolute atomic E-state index is 13.0. The highest BCUT2D eigenvalue weighted by atomic mass is 32.2. The third-order valence-corrected chi connectivity index (χ3v) is 6.65. The molecule has 2 aromatic carbocycles. The minimum Gasteiger partial charge on any atom is -0.339 e. The summed E-state index contributed by atoms with van der Waals surface area (Å²) in [6.07, 6.45) is 0. The number of anilines is 1. The lowest BCUT2D eigenvalue weighted by atomic mass is 10.2. The van der Waals surface area contributed by atoms with Crippen molar-refractivity contribution in [3.05, 3.63) is 64.7 Å². The molecule has 4 rings (SSSR count). The van der Waals surface area contributed by atoms with Crippen LogP contribution in [0.4, 0.5) is 10.1 Å². The van der Waals surface area contributed by atoms with E-state index < -0.39 is 0 Å². The standard InChI is InChI=1S/C24H26FN5O3S/c1-2-30-23(33)19-5-3-4-6-20(19)27-24(30)34-16-22(32)29-13-11-28(12-14-29)15-21(31)26-18-9-7-17(25)8-10-18/h3-10H,2,11-16H2,1H3,(H,26,31). The van der Waals surface area contributed by atoms with Crippen LogP contribution in [0.3, 0.4) is 0 Å². The van der Waals surface area contributed by atoms with E-state index in [0.717, 1.165) is 0 Å². The van der Waals surface area contributed by atoms with Gasteiger partial charge in [0.15, 0.2) is 5.16 Å². The molecule has 2 amide bonds. The molecule has 178 valence electrons. The third-order valence-electron chi connectivity index (χ3n) is 5.69. The van der Waals surface area contributed by atoms with Crippen LogP contribution in [0.2, 0.25) is 0 Å². The smallest absolute Gasteiger partial charge is 0.262 e. The number of rotatable bonds is 7. The number of nitrogens with one attached hydrogen (secondary N) is 1. The highest BCUT2D eigenvalue weighted by Gasteiger charge is 2.23. The fraction of sp³-hybridized carbons (Fsp3) is 0.333. The molecule has 0 bridgehead atoms. The summed E-state index contributed by atoms with van der Waals surface area (Å²) in [5.74, 6) is -0.366. The van der Waals surface area contributed by atoms with E-state index in [1.165, 1.54) is 36.0 Å². The molecular formula is C24H26FN5O3S. The maximum Gasteiger partial charge on any atom is 0.262 e. The molecule has 1 saturated heterocycles. The summed E-state index contributed by atoms with van der Waals surface area (Å²) in [4.78, 5) is 46.1. The Morgan fingerprint density at radius 1 is 1.06 bits per heavy atom. The second-order valence-corrected chi connectivity index (χ2v) is 8.90. The number of nitrogens with zero attached hydrogens (tertiary/aromatic N) is 4. The van der Waals surface area contributed by atoms with Crippen LogP contribution >= 0.6 is 11.8 Å². The molecule has 0 radical (unpaired) electrons. The SMILES string of the molecule is CCn1c(SCC(=O)N2CCN(CC(=O)Nc3ccc(F)cc3)CC2)nc2ccccc2c1=O. The summed E-state index contributed by atoms with van der Waals surface area (Å²) in [7, 11) is 0. The van der Waals surface area contributed by atoms with E-state index in [0.29, 0.717) is 54.5 Å². The number of aromatic nitrogens is 2. The lowest BCUT2D eigenvalue weighted by Crippen LogP contribution is -2.50. The normalized spacial score (nSPS) is 14.4. The molecule has 0 atom stereocenters. The third kappa shape index (κ3) is 5.63. The highest BCUT2D eigenvalue weighted by Crippen LogP contribution is 2.19. The van der Waals surface area contributed by atoms with E-state index in [9.17, 15) is 18.8 Å². The Hall–Kier alpha value is -3.24. The molecular weight excluding hydrogens is 457 g/mol. The molecule has 0 saturated carbocycles. The van der Waals surface area contributed by atoms with Gasteiger partial charge in [0, 0.05) is 38.4 Å². The lowest BCUT2D eigenvalue weighted by Gasteiger charge is -2.34. The highest BCUT2D eigenvalue weighted by molar-refractivity contribution is 7.99. The summed E-state index contributed by atoms with van der Waals surface area (Å²) >= 11 is 1.27. The van der Waals surface area contributed by atoms with Gasteiger partial charge in [-0.05, 0) is 43.3 Å². The molecule has 34 heavy (non-hydrogen) atoms. The Labute approximate surface area is 200 Å². The zero-order valence-electron chi connectivity index (χ0n) is 18.9. The average Bonchev–Trinajstić information content (AvgIpc) is 2.84. The first-order valence-corrected chi connectivity index (χ1v) is 12.1. The number of para-hydroxylation sites is 1. The molecule has 1 aliphatic rings. The van der Waals surface area contributed by atoms with Gasteiger partial charge in [-0.15, -0.1) is 0 Å². The summed E-state index contributed by atoms with van der Waals surface area (Å²) in [6, 6.07) is 12.8. The Morgan fingerprint density at radius 3 is 2.47 bits per heavy atom. The van der Waals surface area contributed by atoms with E-state index in [4.69, 9.17) is 0 Å². The van der Waals surface area contributed by atoms with Crippen LogP contribution < -0.4 is 10.9 Å². The van der Waals surface area contributed by atoms with Crippen LogP contribution in [0, 0.1) is 5.82 Å². The largest absolute Gasteiger partial charge is 0.339 e. The van der Waals surface area contributed by atoms with Crippen molar-refractivity contribution < 1.29 is 14.0 Å². The van der Waals surface area contributed by atoms with Crippen LogP contribution in [0.25, 0.3) is 10.9 Å². The lowest BCUT2D eigenvalue weighted by molar-refractivity contribution is -0.130. The molecule has 1 aliphatic heterocycles. The summed E-state index contributed by atoms with van der Waals surface area (Å²) < 4.78 is 14.6. The number of hydrogen-bond acceptors (Lipinski definition) is 6. The second kappa shape index (κ2) is 10.8. The van der Waals surface area contributed by atoms with Gasteiger partial charge in [0.1, 0.15) is 5.82 Å². The number of fused-ring (bicyclic) bond motifs is 1. The molecule has 10 heteroatoms. The second-order valence-electron chi connectivity index (χ2n) is 7.96. The summed E-state index contributed by atoms with van der Waals surface area (Å²) in [5, 5.41) is 3.86. The summed E-state index contributed by atoms with van der Waals surface area (Å²) in [6.45, 7) is 4.78.